The zero-order chi connectivity index (χ0) is 17.3. The maximum Gasteiger partial charge on any atom is 0.323 e. The Bertz CT molecular complexity index is 1020. The Morgan fingerprint density at radius 1 is 1.00 bits per heavy atom. The third kappa shape index (κ3) is 3.43. The van der Waals surface area contributed by atoms with Gasteiger partial charge in [-0.1, -0.05) is 0 Å². The lowest BCUT2D eigenvalue weighted by Crippen LogP contribution is -2.13. The highest BCUT2D eigenvalue weighted by Gasteiger charge is 2.15. The van der Waals surface area contributed by atoms with Crippen LogP contribution in [0.5, 0.6) is 5.75 Å². The van der Waals surface area contributed by atoms with Crippen LogP contribution in [0.1, 0.15) is 13.8 Å². The van der Waals surface area contributed by atoms with Gasteiger partial charge in [-0.15, -0.1) is 0 Å². The van der Waals surface area contributed by atoms with E-state index in [2.05, 4.69) is 14.7 Å². The molecule has 0 spiro atoms. The predicted octanol–water partition coefficient (Wildman–Crippen LogP) is 2.44. The Hall–Kier alpha value is -2.74. The fraction of sp³-hybridized carbons (Fsp3) is 0.188. The van der Waals surface area contributed by atoms with Crippen molar-refractivity contribution < 1.29 is 13.2 Å². The maximum absolute atomic E-state index is 12.4. The molecule has 0 radical (unpaired) electrons. The first-order valence-corrected chi connectivity index (χ1v) is 8.83. The zero-order valence-electron chi connectivity index (χ0n) is 13.2. The van der Waals surface area contributed by atoms with Gasteiger partial charge in [-0.05, 0) is 56.3 Å². The van der Waals surface area contributed by atoms with Gasteiger partial charge in [0.15, 0.2) is 0 Å². The van der Waals surface area contributed by atoms with Gasteiger partial charge in [0, 0.05) is 0 Å². The quantitative estimate of drug-likeness (QED) is 0.659. The minimum atomic E-state index is -3.73. The first kappa shape index (κ1) is 16.1. The summed E-state index contributed by atoms with van der Waals surface area (Å²) in [5, 5.41) is 0. The molecule has 24 heavy (non-hydrogen) atoms. The summed E-state index contributed by atoms with van der Waals surface area (Å²) in [7, 11) is -3.73. The van der Waals surface area contributed by atoms with Crippen LogP contribution in [0.25, 0.3) is 11.0 Å². The summed E-state index contributed by atoms with van der Waals surface area (Å²) in [5.74, 6) is 0.607. The molecule has 0 fully saturated rings. The number of fused-ring (bicyclic) bond motifs is 1. The number of sulfonamides is 1. The van der Waals surface area contributed by atoms with Crippen LogP contribution >= 0.6 is 0 Å². The van der Waals surface area contributed by atoms with Gasteiger partial charge in [0.2, 0.25) is 0 Å². The Morgan fingerprint density at radius 2 is 1.67 bits per heavy atom. The number of hydrogen-bond donors (Lipinski definition) is 3. The molecule has 3 rings (SSSR count). The lowest BCUT2D eigenvalue weighted by molar-refractivity contribution is 0.242. The Labute approximate surface area is 138 Å². The Kier molecular flexibility index (Phi) is 4.06. The topological polar surface area (TPSA) is 104 Å². The van der Waals surface area contributed by atoms with E-state index in [0.717, 1.165) is 0 Å². The lowest BCUT2D eigenvalue weighted by atomic mass is 10.3. The van der Waals surface area contributed by atoms with Crippen LogP contribution in [0, 0.1) is 0 Å². The number of anilines is 1. The number of aromatic nitrogens is 2. The highest BCUT2D eigenvalue weighted by atomic mass is 32.2. The summed E-state index contributed by atoms with van der Waals surface area (Å²) in [6.07, 6.45) is 0.0146. The first-order chi connectivity index (χ1) is 11.3. The Morgan fingerprint density at radius 3 is 2.33 bits per heavy atom. The molecule has 2 aromatic carbocycles. The molecule has 0 aliphatic carbocycles. The minimum Gasteiger partial charge on any atom is -0.491 e. The fourth-order valence-electron chi connectivity index (χ4n) is 2.28. The highest BCUT2D eigenvalue weighted by Crippen LogP contribution is 2.21. The molecule has 3 N–H and O–H groups in total. The number of hydrogen-bond acceptors (Lipinski definition) is 4. The molecule has 0 saturated carbocycles. The van der Waals surface area contributed by atoms with E-state index in [1.54, 1.807) is 30.3 Å². The summed E-state index contributed by atoms with van der Waals surface area (Å²) < 4.78 is 32.9. The van der Waals surface area contributed by atoms with Crippen molar-refractivity contribution in [2.45, 2.75) is 24.8 Å². The van der Waals surface area contributed by atoms with Gasteiger partial charge in [-0.3, -0.25) is 4.72 Å². The fourth-order valence-corrected chi connectivity index (χ4v) is 3.33. The number of rotatable bonds is 5. The van der Waals surface area contributed by atoms with E-state index in [-0.39, 0.29) is 16.7 Å². The molecule has 0 saturated heterocycles. The summed E-state index contributed by atoms with van der Waals surface area (Å²) in [5.41, 5.74) is 1.16. The van der Waals surface area contributed by atoms with Crippen molar-refractivity contribution in [1.82, 2.24) is 9.97 Å². The molecule has 0 amide bonds. The highest BCUT2D eigenvalue weighted by molar-refractivity contribution is 7.92. The summed E-state index contributed by atoms with van der Waals surface area (Å²) in [6.45, 7) is 3.79. The van der Waals surface area contributed by atoms with Crippen molar-refractivity contribution in [3.05, 3.63) is 52.9 Å². The number of imidazole rings is 1. The second-order valence-corrected chi connectivity index (χ2v) is 7.27. The predicted molar refractivity (Wildman–Crippen MR) is 91.9 cm³/mol. The van der Waals surface area contributed by atoms with E-state index in [1.165, 1.54) is 12.1 Å². The normalized spacial score (nSPS) is 11.8. The van der Waals surface area contributed by atoms with Gasteiger partial charge in [-0.2, -0.15) is 0 Å². The third-order valence-electron chi connectivity index (χ3n) is 3.27. The van der Waals surface area contributed by atoms with E-state index in [0.29, 0.717) is 22.5 Å². The van der Waals surface area contributed by atoms with Crippen LogP contribution in [0.15, 0.2) is 52.2 Å². The van der Waals surface area contributed by atoms with Crippen LogP contribution in [0.4, 0.5) is 5.69 Å². The van der Waals surface area contributed by atoms with Gasteiger partial charge in [-0.25, -0.2) is 13.2 Å². The monoisotopic (exact) mass is 347 g/mol. The standard InChI is InChI=1S/C16H17N3O4S/c1-10(2)23-12-4-6-13(7-5-12)24(21,22)19-11-3-8-14-15(9-11)18-16(20)17-14/h3-10,19H,1-2H3,(H2,17,18,20). The molecule has 0 bridgehead atoms. The molecule has 0 aliphatic rings. The van der Waals surface area contributed by atoms with E-state index >= 15 is 0 Å². The van der Waals surface area contributed by atoms with Gasteiger partial charge in [0.05, 0.1) is 27.7 Å². The van der Waals surface area contributed by atoms with Crippen molar-refractivity contribution >= 4 is 26.7 Å². The molecule has 8 heteroatoms. The van der Waals surface area contributed by atoms with Crippen molar-refractivity contribution in [3.8, 4) is 5.75 Å². The van der Waals surface area contributed by atoms with Crippen LogP contribution in [0.3, 0.4) is 0 Å². The van der Waals surface area contributed by atoms with Crippen LogP contribution in [0.2, 0.25) is 0 Å². The average Bonchev–Trinajstić information content (AvgIpc) is 2.86. The van der Waals surface area contributed by atoms with E-state index in [1.807, 2.05) is 13.8 Å². The number of ether oxygens (including phenoxy) is 1. The van der Waals surface area contributed by atoms with Crippen LogP contribution in [-0.2, 0) is 10.0 Å². The van der Waals surface area contributed by atoms with Crippen molar-refractivity contribution in [1.29, 1.82) is 0 Å². The SMILES string of the molecule is CC(C)Oc1ccc(S(=O)(=O)Nc2ccc3[nH]c(=O)[nH]c3c2)cc1. The van der Waals surface area contributed by atoms with E-state index in [4.69, 9.17) is 4.74 Å². The second-order valence-electron chi connectivity index (χ2n) is 5.58. The summed E-state index contributed by atoms with van der Waals surface area (Å²) in [4.78, 5) is 16.6. The Balaban J connectivity index is 1.85. The molecule has 1 heterocycles. The largest absolute Gasteiger partial charge is 0.491 e. The van der Waals surface area contributed by atoms with Crippen molar-refractivity contribution in [3.63, 3.8) is 0 Å². The molecule has 126 valence electrons. The van der Waals surface area contributed by atoms with Gasteiger partial charge in [0.25, 0.3) is 10.0 Å². The zero-order valence-corrected chi connectivity index (χ0v) is 14.0. The molecule has 0 aliphatic heterocycles. The second kappa shape index (κ2) is 6.04. The number of benzene rings is 2. The smallest absolute Gasteiger partial charge is 0.323 e. The van der Waals surface area contributed by atoms with E-state index in [9.17, 15) is 13.2 Å². The van der Waals surface area contributed by atoms with Crippen molar-refractivity contribution in [2.24, 2.45) is 0 Å². The molecular weight excluding hydrogens is 330 g/mol. The first-order valence-electron chi connectivity index (χ1n) is 7.35. The average molecular weight is 347 g/mol. The maximum atomic E-state index is 12.4. The number of nitrogens with one attached hydrogen (secondary N) is 3. The van der Waals surface area contributed by atoms with Gasteiger partial charge in [0.1, 0.15) is 5.75 Å². The molecule has 0 unspecified atom stereocenters. The molecule has 0 atom stereocenters. The third-order valence-corrected chi connectivity index (χ3v) is 4.67. The van der Waals surface area contributed by atoms with Crippen molar-refractivity contribution in [2.75, 3.05) is 4.72 Å². The van der Waals surface area contributed by atoms with Crippen LogP contribution in [-0.4, -0.2) is 24.5 Å². The summed E-state index contributed by atoms with van der Waals surface area (Å²) >= 11 is 0. The number of aromatic amines is 2. The van der Waals surface area contributed by atoms with E-state index < -0.39 is 10.0 Å². The molecule has 7 nitrogen and oxygen atoms in total. The van der Waals surface area contributed by atoms with Gasteiger partial charge < -0.3 is 14.7 Å². The lowest BCUT2D eigenvalue weighted by Gasteiger charge is -2.11. The summed E-state index contributed by atoms with van der Waals surface area (Å²) in [6, 6.07) is 11.0. The molecular formula is C16H17N3O4S. The minimum absolute atomic E-state index is 0.0146. The van der Waals surface area contributed by atoms with Gasteiger partial charge >= 0.3 is 5.69 Å². The molecule has 3 aromatic rings. The number of H-pyrrole nitrogens is 2. The van der Waals surface area contributed by atoms with Crippen LogP contribution < -0.4 is 15.1 Å². The molecule has 1 aromatic heterocycles.